The van der Waals surface area contributed by atoms with Crippen molar-refractivity contribution in [2.24, 2.45) is 0 Å². The molecular weight excluding hydrogens is 414 g/mol. The van der Waals surface area contributed by atoms with E-state index < -0.39 is 5.97 Å². The van der Waals surface area contributed by atoms with Crippen molar-refractivity contribution in [1.82, 2.24) is 4.57 Å². The summed E-state index contributed by atoms with van der Waals surface area (Å²) in [5.41, 5.74) is 4.71. The summed E-state index contributed by atoms with van der Waals surface area (Å²) >= 11 is 1.49. The second kappa shape index (κ2) is 7.89. The number of ketones is 1. The van der Waals surface area contributed by atoms with Gasteiger partial charge in [0.1, 0.15) is 4.88 Å². The van der Waals surface area contributed by atoms with Crippen LogP contribution in [-0.2, 0) is 24.1 Å². The largest absolute Gasteiger partial charge is 0.454 e. The van der Waals surface area contributed by atoms with Crippen molar-refractivity contribution in [2.75, 3.05) is 13.4 Å². The van der Waals surface area contributed by atoms with E-state index in [2.05, 4.69) is 4.57 Å². The minimum atomic E-state index is -0.415. The predicted molar refractivity (Wildman–Crippen MR) is 117 cm³/mol. The van der Waals surface area contributed by atoms with Gasteiger partial charge in [-0.1, -0.05) is 6.07 Å². The fraction of sp³-hybridized carbons (Fsp3) is 0.333. The number of benzene rings is 1. The van der Waals surface area contributed by atoms with E-state index in [9.17, 15) is 9.59 Å². The summed E-state index contributed by atoms with van der Waals surface area (Å²) in [4.78, 5) is 27.0. The molecule has 7 heteroatoms. The average Bonchev–Trinajstić information content (AvgIpc) is 3.52. The van der Waals surface area contributed by atoms with E-state index in [1.54, 1.807) is 0 Å². The molecule has 3 heterocycles. The van der Waals surface area contributed by atoms with Crippen LogP contribution in [0.5, 0.6) is 11.5 Å². The van der Waals surface area contributed by atoms with Gasteiger partial charge in [-0.25, -0.2) is 4.79 Å². The van der Waals surface area contributed by atoms with Crippen LogP contribution in [0, 0.1) is 13.8 Å². The van der Waals surface area contributed by atoms with Gasteiger partial charge in [-0.3, -0.25) is 4.79 Å². The zero-order chi connectivity index (χ0) is 21.5. The van der Waals surface area contributed by atoms with E-state index in [0.717, 1.165) is 47.7 Å². The molecule has 0 bridgehead atoms. The number of aromatic nitrogens is 1. The zero-order valence-corrected chi connectivity index (χ0v) is 18.3. The van der Waals surface area contributed by atoms with Gasteiger partial charge in [-0.2, -0.15) is 0 Å². The first-order valence-electron chi connectivity index (χ1n) is 10.4. The van der Waals surface area contributed by atoms with Gasteiger partial charge in [0.15, 0.2) is 18.1 Å². The molecule has 2 aromatic heterocycles. The van der Waals surface area contributed by atoms with Gasteiger partial charge in [0.05, 0.1) is 0 Å². The van der Waals surface area contributed by atoms with Crippen molar-refractivity contribution in [3.63, 3.8) is 0 Å². The lowest BCUT2D eigenvalue weighted by atomic mass is 10.1. The number of ether oxygens (including phenoxy) is 3. The molecule has 1 aliphatic heterocycles. The number of carbonyl (C=O) groups excluding carboxylic acids is 2. The summed E-state index contributed by atoms with van der Waals surface area (Å²) < 4.78 is 18.2. The number of carbonyl (C=O) groups is 2. The maximum Gasteiger partial charge on any atom is 0.348 e. The Kier molecular flexibility index (Phi) is 5.06. The minimum Gasteiger partial charge on any atom is -0.454 e. The van der Waals surface area contributed by atoms with E-state index in [4.69, 9.17) is 14.2 Å². The first-order chi connectivity index (χ1) is 15.0. The summed E-state index contributed by atoms with van der Waals surface area (Å²) in [6.07, 6.45) is 3.20. The van der Waals surface area contributed by atoms with Gasteiger partial charge in [0, 0.05) is 28.4 Å². The van der Waals surface area contributed by atoms with E-state index in [1.165, 1.54) is 21.8 Å². The minimum absolute atomic E-state index is 0.192. The molecule has 0 fully saturated rings. The molecule has 0 atom stereocenters. The number of Topliss-reactive ketones (excluding diaryl/α,β-unsaturated/α-hetero) is 1. The fourth-order valence-corrected chi connectivity index (χ4v) is 5.41. The summed E-state index contributed by atoms with van der Waals surface area (Å²) in [5, 5.41) is 0. The number of aryl methyl sites for hydroxylation is 3. The third kappa shape index (κ3) is 3.74. The van der Waals surface area contributed by atoms with Crippen LogP contribution in [0.15, 0.2) is 30.3 Å². The number of rotatable bonds is 6. The maximum atomic E-state index is 12.8. The Morgan fingerprint density at radius 3 is 2.77 bits per heavy atom. The summed E-state index contributed by atoms with van der Waals surface area (Å²) in [7, 11) is 0. The highest BCUT2D eigenvalue weighted by molar-refractivity contribution is 7.14. The first kappa shape index (κ1) is 19.9. The van der Waals surface area contributed by atoms with Crippen LogP contribution in [0.25, 0.3) is 0 Å². The topological polar surface area (TPSA) is 66.8 Å². The molecule has 1 aliphatic carbocycles. The molecule has 2 aliphatic rings. The number of nitrogens with zero attached hydrogens (tertiary/aromatic N) is 1. The molecular formula is C24H23NO5S. The van der Waals surface area contributed by atoms with Crippen molar-refractivity contribution in [3.05, 3.63) is 68.2 Å². The normalized spacial score (nSPS) is 14.0. The summed E-state index contributed by atoms with van der Waals surface area (Å²) in [6, 6.07) is 9.63. The van der Waals surface area contributed by atoms with Crippen LogP contribution < -0.4 is 9.47 Å². The monoisotopic (exact) mass is 437 g/mol. The van der Waals surface area contributed by atoms with E-state index >= 15 is 0 Å². The van der Waals surface area contributed by atoms with Gasteiger partial charge in [-0.05, 0) is 68.5 Å². The van der Waals surface area contributed by atoms with Crippen molar-refractivity contribution in [3.8, 4) is 11.5 Å². The molecule has 1 aromatic carbocycles. The molecule has 0 N–H and O–H groups in total. The Morgan fingerprint density at radius 1 is 1.10 bits per heavy atom. The highest BCUT2D eigenvalue weighted by Gasteiger charge is 2.22. The zero-order valence-electron chi connectivity index (χ0n) is 17.5. The molecule has 0 spiro atoms. The molecule has 160 valence electrons. The lowest BCUT2D eigenvalue weighted by Gasteiger charge is -2.11. The van der Waals surface area contributed by atoms with Crippen LogP contribution >= 0.6 is 11.3 Å². The SMILES string of the molecule is Cc1cc(C(=O)COC(=O)c2cc3c(s2)CCC3)c(C)n1Cc1ccc2c(c1)OCO2. The number of thiophene rings is 1. The number of esters is 1. The molecule has 0 saturated heterocycles. The molecule has 0 unspecified atom stereocenters. The second-order valence-corrected chi connectivity index (χ2v) is 9.11. The van der Waals surface area contributed by atoms with Crippen molar-refractivity contribution >= 4 is 23.1 Å². The summed E-state index contributed by atoms with van der Waals surface area (Å²) in [6.45, 7) is 4.48. The molecule has 5 rings (SSSR count). The van der Waals surface area contributed by atoms with Crippen molar-refractivity contribution < 1.29 is 23.8 Å². The third-order valence-electron chi connectivity index (χ3n) is 5.93. The molecule has 0 saturated carbocycles. The smallest absolute Gasteiger partial charge is 0.348 e. The Balaban J connectivity index is 1.27. The summed E-state index contributed by atoms with van der Waals surface area (Å²) in [5.74, 6) is 0.880. The van der Waals surface area contributed by atoms with Crippen LogP contribution in [0.1, 0.15) is 53.8 Å². The Labute approximate surface area is 184 Å². The van der Waals surface area contributed by atoms with Crippen LogP contribution in [0.2, 0.25) is 0 Å². The van der Waals surface area contributed by atoms with Gasteiger partial charge < -0.3 is 18.8 Å². The highest BCUT2D eigenvalue weighted by Crippen LogP contribution is 2.33. The fourth-order valence-electron chi connectivity index (χ4n) is 4.26. The number of hydrogen-bond acceptors (Lipinski definition) is 6. The standard InChI is InChI=1S/C24H23NO5S/c1-14-8-18(15(2)25(14)11-16-6-7-20-21(9-16)30-13-29-20)19(26)12-28-24(27)23-10-17-4-3-5-22(17)31-23/h6-10H,3-5,11-13H2,1-2H3. The van der Waals surface area contributed by atoms with Gasteiger partial charge in [-0.15, -0.1) is 11.3 Å². The Morgan fingerprint density at radius 2 is 1.94 bits per heavy atom. The van der Waals surface area contributed by atoms with Gasteiger partial charge in [0.2, 0.25) is 12.6 Å². The van der Waals surface area contributed by atoms with E-state index in [1.807, 2.05) is 44.2 Å². The predicted octanol–water partition coefficient (Wildman–Crippen LogP) is 4.47. The lowest BCUT2D eigenvalue weighted by Crippen LogP contribution is -2.14. The molecule has 3 aromatic rings. The van der Waals surface area contributed by atoms with Gasteiger partial charge in [0.25, 0.3) is 0 Å². The van der Waals surface area contributed by atoms with E-state index in [0.29, 0.717) is 17.0 Å². The third-order valence-corrected chi connectivity index (χ3v) is 7.15. The first-order valence-corrected chi connectivity index (χ1v) is 11.2. The second-order valence-electron chi connectivity index (χ2n) is 7.97. The lowest BCUT2D eigenvalue weighted by molar-refractivity contribution is 0.0479. The number of hydrogen-bond donors (Lipinski definition) is 0. The van der Waals surface area contributed by atoms with Crippen LogP contribution in [0.3, 0.4) is 0 Å². The number of fused-ring (bicyclic) bond motifs is 2. The molecule has 6 nitrogen and oxygen atoms in total. The average molecular weight is 438 g/mol. The van der Waals surface area contributed by atoms with Crippen LogP contribution in [0.4, 0.5) is 0 Å². The molecule has 0 amide bonds. The van der Waals surface area contributed by atoms with Crippen molar-refractivity contribution in [2.45, 2.75) is 39.7 Å². The van der Waals surface area contributed by atoms with Crippen LogP contribution in [-0.4, -0.2) is 29.7 Å². The Bertz CT molecular complexity index is 1170. The highest BCUT2D eigenvalue weighted by atomic mass is 32.1. The Hall–Kier alpha value is -3.06. The maximum absolute atomic E-state index is 12.8. The van der Waals surface area contributed by atoms with Crippen molar-refractivity contribution in [1.29, 1.82) is 0 Å². The quantitative estimate of drug-likeness (QED) is 0.420. The molecule has 0 radical (unpaired) electrons. The van der Waals surface area contributed by atoms with E-state index in [-0.39, 0.29) is 19.2 Å². The molecule has 31 heavy (non-hydrogen) atoms. The van der Waals surface area contributed by atoms with Gasteiger partial charge >= 0.3 is 5.97 Å².